The van der Waals surface area contributed by atoms with Crippen LogP contribution in [-0.2, 0) is 33.4 Å². The first-order valence-corrected chi connectivity index (χ1v) is 9.86. The van der Waals surface area contributed by atoms with Crippen LogP contribution in [0.4, 0.5) is 11.4 Å². The number of halogens is 1. The summed E-state index contributed by atoms with van der Waals surface area (Å²) in [6.07, 6.45) is 1.30. The molecule has 0 aromatic heterocycles. The number of esters is 2. The van der Waals surface area contributed by atoms with Gasteiger partial charge in [-0.25, -0.2) is 4.90 Å². The van der Waals surface area contributed by atoms with Crippen LogP contribution in [0, 0.1) is 22.0 Å². The first-order valence-electron chi connectivity index (χ1n) is 9.48. The van der Waals surface area contributed by atoms with Gasteiger partial charge in [-0.3, -0.25) is 29.3 Å². The monoisotopic (exact) mass is 464 g/mol. The predicted molar refractivity (Wildman–Crippen MR) is 106 cm³/mol. The average Bonchev–Trinajstić information content (AvgIpc) is 3.27. The van der Waals surface area contributed by atoms with E-state index < -0.39 is 63.7 Å². The van der Waals surface area contributed by atoms with Crippen molar-refractivity contribution in [2.45, 2.75) is 38.3 Å². The molecule has 2 fully saturated rings. The number of rotatable bonds is 5. The summed E-state index contributed by atoms with van der Waals surface area (Å²) in [4.78, 5) is 61.8. The molecule has 0 saturated carbocycles. The lowest BCUT2D eigenvalue weighted by Gasteiger charge is -2.34. The molecule has 11 nitrogen and oxygen atoms in total. The Bertz CT molecular complexity index is 1100. The molecule has 4 atom stereocenters. The maximum atomic E-state index is 13.5. The number of hydrogen-bond donors (Lipinski definition) is 0. The van der Waals surface area contributed by atoms with Gasteiger partial charge in [-0.1, -0.05) is 17.7 Å². The fourth-order valence-electron chi connectivity index (χ4n) is 4.63. The molecule has 12 heteroatoms. The van der Waals surface area contributed by atoms with Crippen molar-refractivity contribution in [3.05, 3.63) is 45.5 Å². The van der Waals surface area contributed by atoms with E-state index in [1.807, 2.05) is 0 Å². The lowest BCUT2D eigenvalue weighted by Crippen LogP contribution is -2.52. The summed E-state index contributed by atoms with van der Waals surface area (Å²) in [5.74, 6) is -5.51. The average molecular weight is 465 g/mol. The second-order valence-corrected chi connectivity index (χ2v) is 8.32. The van der Waals surface area contributed by atoms with Crippen LogP contribution in [0.2, 0.25) is 5.02 Å². The molecule has 32 heavy (non-hydrogen) atoms. The third kappa shape index (κ3) is 3.00. The van der Waals surface area contributed by atoms with Gasteiger partial charge in [0.15, 0.2) is 5.60 Å². The van der Waals surface area contributed by atoms with Crippen molar-refractivity contribution in [1.29, 1.82) is 0 Å². The maximum Gasteiger partial charge on any atom is 0.305 e. The molecule has 2 bridgehead atoms. The standard InChI is InChI=1S/C20H17ClN2O9/c1-9(24)30-18(31-10(2)25)20-7-6-19(3,32-20)14-15(20)17(27)22(16(14)26)12-5-4-11(21)8-13(12)23(28)29/h4-8,14-15,18H,1-3H3/t14-,15+,19-,20+/m1/s1. The van der Waals surface area contributed by atoms with Crippen LogP contribution in [0.15, 0.2) is 30.4 Å². The summed E-state index contributed by atoms with van der Waals surface area (Å²) in [7, 11) is 0. The van der Waals surface area contributed by atoms with Gasteiger partial charge in [0.05, 0.1) is 22.4 Å². The molecule has 168 valence electrons. The molecule has 0 spiro atoms. The third-order valence-electron chi connectivity index (χ3n) is 5.77. The first-order chi connectivity index (χ1) is 14.9. The molecule has 0 radical (unpaired) electrons. The number of carbonyl (C=O) groups excluding carboxylic acids is 4. The molecular weight excluding hydrogens is 448 g/mol. The van der Waals surface area contributed by atoms with E-state index in [4.69, 9.17) is 25.8 Å². The van der Waals surface area contributed by atoms with Crippen LogP contribution in [0.5, 0.6) is 0 Å². The van der Waals surface area contributed by atoms with Gasteiger partial charge in [0.25, 0.3) is 12.0 Å². The second kappa shape index (κ2) is 7.10. The van der Waals surface area contributed by atoms with Gasteiger partial charge in [-0.05, 0) is 25.1 Å². The van der Waals surface area contributed by atoms with Gasteiger partial charge >= 0.3 is 11.9 Å². The number of ether oxygens (including phenoxy) is 3. The number of benzene rings is 1. The van der Waals surface area contributed by atoms with E-state index in [0.29, 0.717) is 4.90 Å². The van der Waals surface area contributed by atoms with Crippen molar-refractivity contribution in [3.63, 3.8) is 0 Å². The number of carbonyl (C=O) groups is 4. The Kier molecular flexibility index (Phi) is 4.86. The van der Waals surface area contributed by atoms with Crippen molar-refractivity contribution in [2.24, 2.45) is 11.8 Å². The Labute approximate surface area is 186 Å². The first kappa shape index (κ1) is 21.9. The van der Waals surface area contributed by atoms with Crippen LogP contribution < -0.4 is 4.90 Å². The Morgan fingerprint density at radius 2 is 1.75 bits per heavy atom. The highest BCUT2D eigenvalue weighted by Gasteiger charge is 2.76. The number of hydrogen-bond acceptors (Lipinski definition) is 9. The number of nitro groups is 1. The zero-order chi connectivity index (χ0) is 23.6. The predicted octanol–water partition coefficient (Wildman–Crippen LogP) is 1.90. The molecule has 0 N–H and O–H groups in total. The number of fused-ring (bicyclic) bond motifs is 5. The number of nitro benzene ring substituents is 1. The van der Waals surface area contributed by atoms with Gasteiger partial charge in [0, 0.05) is 24.9 Å². The van der Waals surface area contributed by atoms with Crippen LogP contribution in [0.25, 0.3) is 0 Å². The molecule has 0 unspecified atom stereocenters. The van der Waals surface area contributed by atoms with E-state index in [1.165, 1.54) is 24.3 Å². The summed E-state index contributed by atoms with van der Waals surface area (Å²) in [5.41, 5.74) is -3.86. The minimum atomic E-state index is -1.78. The fourth-order valence-corrected chi connectivity index (χ4v) is 4.80. The van der Waals surface area contributed by atoms with Crippen LogP contribution >= 0.6 is 11.6 Å². The summed E-state index contributed by atoms with van der Waals surface area (Å²) in [6.45, 7) is 3.73. The second-order valence-electron chi connectivity index (χ2n) is 7.88. The Morgan fingerprint density at radius 1 is 1.16 bits per heavy atom. The molecule has 2 amide bonds. The molecule has 1 aromatic rings. The van der Waals surface area contributed by atoms with E-state index in [2.05, 4.69) is 0 Å². The highest BCUT2D eigenvalue weighted by atomic mass is 35.5. The maximum absolute atomic E-state index is 13.5. The zero-order valence-corrected chi connectivity index (χ0v) is 17.8. The van der Waals surface area contributed by atoms with E-state index in [-0.39, 0.29) is 10.7 Å². The van der Waals surface area contributed by atoms with E-state index in [1.54, 1.807) is 6.92 Å². The van der Waals surface area contributed by atoms with Crippen molar-refractivity contribution >= 4 is 46.7 Å². The summed E-state index contributed by atoms with van der Waals surface area (Å²) >= 11 is 5.86. The van der Waals surface area contributed by atoms with Gasteiger partial charge in [-0.2, -0.15) is 0 Å². The van der Waals surface area contributed by atoms with Gasteiger partial charge in [-0.15, -0.1) is 0 Å². The van der Waals surface area contributed by atoms with Gasteiger partial charge in [0.1, 0.15) is 5.69 Å². The molecule has 2 saturated heterocycles. The van der Waals surface area contributed by atoms with Gasteiger partial charge < -0.3 is 14.2 Å². The van der Waals surface area contributed by atoms with Crippen molar-refractivity contribution in [3.8, 4) is 0 Å². The van der Waals surface area contributed by atoms with E-state index in [0.717, 1.165) is 19.9 Å². The molecule has 4 rings (SSSR count). The number of nitrogens with zero attached hydrogens (tertiary/aromatic N) is 2. The minimum Gasteiger partial charge on any atom is -0.422 e. The summed E-state index contributed by atoms with van der Waals surface area (Å²) in [5, 5.41) is 11.6. The zero-order valence-electron chi connectivity index (χ0n) is 17.1. The summed E-state index contributed by atoms with van der Waals surface area (Å²) in [6, 6.07) is 3.56. The Morgan fingerprint density at radius 3 is 2.31 bits per heavy atom. The third-order valence-corrected chi connectivity index (χ3v) is 6.01. The molecule has 1 aromatic carbocycles. The SMILES string of the molecule is CC(=O)OC(OC(C)=O)[C@@]12C=C[C@@](C)(O1)[C@H]1C(=O)N(c3ccc(Cl)cc3[N+](=O)[O-])C(=O)[C@H]12. The smallest absolute Gasteiger partial charge is 0.305 e. The Hall–Kier alpha value is -3.31. The quantitative estimate of drug-likeness (QED) is 0.159. The number of amides is 2. The highest BCUT2D eigenvalue weighted by Crippen LogP contribution is 2.60. The number of anilines is 1. The van der Waals surface area contributed by atoms with Crippen molar-refractivity contribution in [2.75, 3.05) is 4.90 Å². The highest BCUT2D eigenvalue weighted by molar-refractivity contribution is 6.31. The lowest BCUT2D eigenvalue weighted by atomic mass is 9.72. The summed E-state index contributed by atoms with van der Waals surface area (Å²) < 4.78 is 16.3. The minimum absolute atomic E-state index is 0.0537. The normalized spacial score (nSPS) is 30.1. The molecule has 0 aliphatic carbocycles. The number of imide groups is 1. The van der Waals surface area contributed by atoms with E-state index >= 15 is 0 Å². The largest absolute Gasteiger partial charge is 0.422 e. The van der Waals surface area contributed by atoms with Crippen LogP contribution in [0.3, 0.4) is 0 Å². The molecule has 3 aliphatic heterocycles. The Balaban J connectivity index is 1.83. The van der Waals surface area contributed by atoms with Crippen molar-refractivity contribution < 1.29 is 38.3 Å². The molecule has 3 heterocycles. The van der Waals surface area contributed by atoms with Gasteiger partial charge in [0.2, 0.25) is 11.8 Å². The fraction of sp³-hybridized carbons (Fsp3) is 0.400. The van der Waals surface area contributed by atoms with Crippen molar-refractivity contribution in [1.82, 2.24) is 0 Å². The van der Waals surface area contributed by atoms with Crippen LogP contribution in [-0.4, -0.2) is 46.2 Å². The van der Waals surface area contributed by atoms with E-state index in [9.17, 15) is 29.3 Å². The lowest BCUT2D eigenvalue weighted by molar-refractivity contribution is -0.384. The van der Waals surface area contributed by atoms with Crippen LogP contribution in [0.1, 0.15) is 20.8 Å². The topological polar surface area (TPSA) is 142 Å². The molecule has 3 aliphatic rings. The molecular formula is C20H17ClN2O9.